The highest BCUT2D eigenvalue weighted by Crippen LogP contribution is 2.14. The number of fused-ring (bicyclic) bond motifs is 1. The zero-order valence-electron chi connectivity index (χ0n) is 7.07. The van der Waals surface area contributed by atoms with E-state index in [2.05, 4.69) is 20.3 Å². The van der Waals surface area contributed by atoms with Crippen LogP contribution in [0.5, 0.6) is 0 Å². The average Bonchev–Trinajstić information content (AvgIpc) is 2.04. The summed E-state index contributed by atoms with van der Waals surface area (Å²) in [4.78, 5) is 12.0. The maximum Gasteiger partial charge on any atom is 0.139 e. The fourth-order valence-corrected chi connectivity index (χ4v) is 0.905. The summed E-state index contributed by atoms with van der Waals surface area (Å²) in [5.41, 5.74) is 0.725. The molecule has 0 amide bonds. The van der Waals surface area contributed by atoms with E-state index in [1.165, 1.54) is 6.34 Å². The number of anilines is 1. The van der Waals surface area contributed by atoms with Crippen molar-refractivity contribution in [1.29, 1.82) is 0 Å². The number of aliphatic imine (C=N–C) groups is 1. The molecule has 2 rings (SSSR count). The quantitative estimate of drug-likeness (QED) is 0.591. The molecule has 0 aliphatic carbocycles. The Morgan fingerprint density at radius 2 is 2.64 bits per heavy atom. The van der Waals surface area contributed by atoms with E-state index < -0.39 is 6.52 Å². The van der Waals surface area contributed by atoms with Crippen LogP contribution in [0.1, 0.15) is 12.8 Å². The Morgan fingerprint density at radius 1 is 1.73 bits per heavy atom. The lowest BCUT2D eigenvalue weighted by atomic mass is 10.3. The lowest BCUT2D eigenvalue weighted by molar-refractivity contribution is 0.964. The Hall–Kier alpha value is -1.45. The summed E-state index contributed by atoms with van der Waals surface area (Å²) in [5.74, 6) is 1.39. The fourth-order valence-electron chi connectivity index (χ4n) is 0.905. The molecule has 2 heterocycles. The molecule has 1 aromatic heterocycles. The first-order chi connectivity index (χ1) is 5.77. The van der Waals surface area contributed by atoms with Crippen LogP contribution in [-0.4, -0.2) is 16.3 Å². The van der Waals surface area contributed by atoms with Crippen LogP contribution in [0.15, 0.2) is 11.2 Å². The minimum absolute atomic E-state index is 0.582. The second-order valence-corrected chi connectivity index (χ2v) is 2.27. The van der Waals surface area contributed by atoms with E-state index >= 15 is 0 Å². The number of nitrogens with one attached hydrogen (secondary N) is 1. The number of rotatable bonds is 0. The van der Waals surface area contributed by atoms with Crippen LogP contribution in [0.25, 0.3) is 0 Å². The second-order valence-electron chi connectivity index (χ2n) is 2.27. The predicted molar refractivity (Wildman–Crippen MR) is 42.6 cm³/mol. The van der Waals surface area contributed by atoms with Gasteiger partial charge < -0.3 is 5.32 Å². The van der Waals surface area contributed by atoms with Crippen LogP contribution in [0.3, 0.4) is 0 Å². The summed E-state index contributed by atoms with van der Waals surface area (Å²) in [6.45, 7) is 1.23. The van der Waals surface area contributed by atoms with Gasteiger partial charge in [-0.2, -0.15) is 0 Å². The minimum Gasteiger partial charge on any atom is -0.331 e. The molecule has 1 N–H and O–H groups in total. The van der Waals surface area contributed by atoms with E-state index in [9.17, 15) is 0 Å². The van der Waals surface area contributed by atoms with Gasteiger partial charge in [0.25, 0.3) is 0 Å². The molecule has 0 aromatic carbocycles. The SMILES string of the molecule is [2H][C@@H]1N=CNc2nc(C)ncc21. The first-order valence-electron chi connectivity index (χ1n) is 3.89. The number of nitrogens with zero attached hydrogens (tertiary/aromatic N) is 3. The van der Waals surface area contributed by atoms with Gasteiger partial charge in [-0.1, -0.05) is 0 Å². The van der Waals surface area contributed by atoms with Crippen LogP contribution in [0, 0.1) is 6.92 Å². The molecule has 0 saturated carbocycles. The van der Waals surface area contributed by atoms with Gasteiger partial charge in [0.2, 0.25) is 0 Å². The summed E-state index contributed by atoms with van der Waals surface area (Å²) in [7, 11) is 0. The number of hydrogen-bond donors (Lipinski definition) is 1. The molecule has 1 aliphatic rings. The summed E-state index contributed by atoms with van der Waals surface area (Å²) in [6, 6.07) is 0. The van der Waals surface area contributed by atoms with Gasteiger partial charge in [-0.25, -0.2) is 9.97 Å². The Labute approximate surface area is 65.8 Å². The van der Waals surface area contributed by atoms with Gasteiger partial charge >= 0.3 is 0 Å². The van der Waals surface area contributed by atoms with Gasteiger partial charge in [0.15, 0.2) is 0 Å². The van der Waals surface area contributed by atoms with Gasteiger partial charge in [0, 0.05) is 11.8 Å². The molecule has 0 saturated heterocycles. The Kier molecular flexibility index (Phi) is 1.10. The molecular formula is C7H8N4. The standard InChI is InChI=1S/C7H8N4/c1-5-9-3-6-2-8-4-10-7(6)11-5/h3-4H,2H2,1H3,(H,8,9,10,11)/i2D/t2-/m0/s1. The van der Waals surface area contributed by atoms with Crippen molar-refractivity contribution in [3.05, 3.63) is 17.6 Å². The maximum atomic E-state index is 7.51. The number of aryl methyl sites for hydroxylation is 1. The number of hydrogen-bond acceptors (Lipinski definition) is 4. The van der Waals surface area contributed by atoms with E-state index in [4.69, 9.17) is 1.37 Å². The third-order valence-corrected chi connectivity index (χ3v) is 1.43. The predicted octanol–water partition coefficient (Wildman–Crippen LogP) is 0.739. The van der Waals surface area contributed by atoms with Crippen LogP contribution in [-0.2, 0) is 6.52 Å². The van der Waals surface area contributed by atoms with Crippen molar-refractivity contribution in [3.8, 4) is 0 Å². The van der Waals surface area contributed by atoms with Gasteiger partial charge in [0.05, 0.1) is 14.2 Å². The highest BCUT2D eigenvalue weighted by molar-refractivity contribution is 5.77. The maximum absolute atomic E-state index is 7.51. The van der Waals surface area contributed by atoms with E-state index in [-0.39, 0.29) is 0 Å². The fraction of sp³-hybridized carbons (Fsp3) is 0.286. The normalized spacial score (nSPS) is 21.9. The summed E-state index contributed by atoms with van der Waals surface area (Å²) < 4.78 is 7.51. The van der Waals surface area contributed by atoms with Gasteiger partial charge in [-0.3, -0.25) is 4.99 Å². The first kappa shape index (κ1) is 5.23. The van der Waals surface area contributed by atoms with Crippen molar-refractivity contribution in [1.82, 2.24) is 9.97 Å². The molecule has 4 nitrogen and oxygen atoms in total. The molecule has 0 fully saturated rings. The zero-order chi connectivity index (χ0) is 8.55. The van der Waals surface area contributed by atoms with Crippen molar-refractivity contribution in [2.75, 3.05) is 5.32 Å². The van der Waals surface area contributed by atoms with E-state index in [1.54, 1.807) is 6.20 Å². The molecule has 4 heteroatoms. The molecule has 0 bridgehead atoms. The molecule has 11 heavy (non-hydrogen) atoms. The van der Waals surface area contributed by atoms with Crippen molar-refractivity contribution in [2.24, 2.45) is 4.99 Å². The summed E-state index contributed by atoms with van der Waals surface area (Å²) in [5, 5.41) is 2.87. The molecule has 1 atom stereocenters. The van der Waals surface area contributed by atoms with Gasteiger partial charge in [-0.05, 0) is 6.92 Å². The molecule has 0 spiro atoms. The van der Waals surface area contributed by atoms with E-state index in [0.717, 1.165) is 5.56 Å². The second kappa shape index (κ2) is 2.30. The highest BCUT2D eigenvalue weighted by atomic mass is 15.1. The van der Waals surface area contributed by atoms with E-state index in [0.29, 0.717) is 11.6 Å². The summed E-state index contributed by atoms with van der Waals surface area (Å²) in [6.07, 6.45) is 3.13. The molecular weight excluding hydrogens is 140 g/mol. The monoisotopic (exact) mass is 149 g/mol. The highest BCUT2D eigenvalue weighted by Gasteiger charge is 2.05. The first-order valence-corrected chi connectivity index (χ1v) is 3.31. The Balaban J connectivity index is 2.51. The minimum atomic E-state index is -0.582. The van der Waals surface area contributed by atoms with Crippen molar-refractivity contribution < 1.29 is 1.37 Å². The van der Waals surface area contributed by atoms with Gasteiger partial charge in [-0.15, -0.1) is 0 Å². The van der Waals surface area contributed by atoms with Crippen molar-refractivity contribution in [3.63, 3.8) is 0 Å². The smallest absolute Gasteiger partial charge is 0.139 e. The lowest BCUT2D eigenvalue weighted by Gasteiger charge is -2.09. The largest absolute Gasteiger partial charge is 0.331 e. The van der Waals surface area contributed by atoms with Crippen LogP contribution in [0.2, 0.25) is 0 Å². The zero-order valence-corrected chi connectivity index (χ0v) is 6.07. The topological polar surface area (TPSA) is 50.2 Å². The third-order valence-electron chi connectivity index (χ3n) is 1.43. The average molecular weight is 149 g/mol. The van der Waals surface area contributed by atoms with E-state index in [1.807, 2.05) is 6.92 Å². The molecule has 1 aliphatic heterocycles. The Morgan fingerprint density at radius 3 is 3.55 bits per heavy atom. The molecule has 0 radical (unpaired) electrons. The molecule has 56 valence electrons. The summed E-state index contributed by atoms with van der Waals surface area (Å²) >= 11 is 0. The van der Waals surface area contributed by atoms with Gasteiger partial charge in [0.1, 0.15) is 11.6 Å². The number of aromatic nitrogens is 2. The van der Waals surface area contributed by atoms with Crippen LogP contribution < -0.4 is 5.32 Å². The molecule has 0 unspecified atom stereocenters. The van der Waals surface area contributed by atoms with Crippen molar-refractivity contribution in [2.45, 2.75) is 13.4 Å². The van der Waals surface area contributed by atoms with Crippen molar-refractivity contribution >= 4 is 12.2 Å². The third kappa shape index (κ3) is 1.07. The lowest BCUT2D eigenvalue weighted by Crippen LogP contribution is -2.08. The van der Waals surface area contributed by atoms with Crippen LogP contribution in [0.4, 0.5) is 5.82 Å². The van der Waals surface area contributed by atoms with Crippen LogP contribution >= 0.6 is 0 Å². The molecule has 1 aromatic rings. The Bertz CT molecular complexity index is 336.